The fraction of sp³-hybridized carbons (Fsp3) is 0.571. The lowest BCUT2D eigenvalue weighted by Gasteiger charge is -2.46. The molecule has 0 aromatic heterocycles. The summed E-state index contributed by atoms with van der Waals surface area (Å²) in [5, 5.41) is 14.2. The van der Waals surface area contributed by atoms with Gasteiger partial charge in [0.15, 0.2) is 6.29 Å². The van der Waals surface area contributed by atoms with Crippen LogP contribution in [-0.4, -0.2) is 47.8 Å². The Kier molecular flexibility index (Phi) is 4.87. The molecule has 0 saturated carbocycles. The van der Waals surface area contributed by atoms with E-state index < -0.39 is 30.0 Å². The monoisotopic (exact) mass is 323 g/mol. The summed E-state index contributed by atoms with van der Waals surface area (Å²) in [7, 11) is 0. The van der Waals surface area contributed by atoms with Crippen LogP contribution in [0.1, 0.15) is 11.9 Å². The summed E-state index contributed by atoms with van der Waals surface area (Å²) in [4.78, 5) is 2.81. The standard InChI is InChI=1S/C14H17N3O4S/c1-22-14-10(16-17-15)11(18)12-9(20-14)7-19-13(21-12)8-5-3-2-4-6-8/h2-6,9-14,18H,7H2,1H3/t9-,10-,11-,12-,13-,14-/m1/s1. The van der Waals surface area contributed by atoms with Crippen molar-refractivity contribution in [1.82, 2.24) is 0 Å². The molecule has 1 aromatic rings. The van der Waals surface area contributed by atoms with Crippen molar-refractivity contribution in [3.63, 3.8) is 0 Å². The molecule has 1 N–H and O–H groups in total. The maximum atomic E-state index is 10.5. The van der Waals surface area contributed by atoms with Gasteiger partial charge in [-0.2, -0.15) is 0 Å². The molecule has 0 aliphatic carbocycles. The predicted molar refractivity (Wildman–Crippen MR) is 81.1 cm³/mol. The van der Waals surface area contributed by atoms with Crippen LogP contribution in [0.5, 0.6) is 0 Å². The molecule has 1 aromatic carbocycles. The third-order valence-corrected chi connectivity index (χ3v) is 4.68. The number of aliphatic hydroxyl groups is 1. The minimum atomic E-state index is -0.929. The molecule has 7 nitrogen and oxygen atoms in total. The van der Waals surface area contributed by atoms with Crippen molar-refractivity contribution >= 4 is 11.8 Å². The summed E-state index contributed by atoms with van der Waals surface area (Å²) in [6.45, 7) is 0.321. The molecule has 2 heterocycles. The Labute approximate surface area is 132 Å². The third kappa shape index (κ3) is 2.94. The van der Waals surface area contributed by atoms with Crippen molar-refractivity contribution in [3.8, 4) is 0 Å². The van der Waals surface area contributed by atoms with E-state index in [1.54, 1.807) is 0 Å². The Bertz CT molecular complexity index is 554. The fourth-order valence-electron chi connectivity index (χ4n) is 2.73. The van der Waals surface area contributed by atoms with Crippen LogP contribution in [0.2, 0.25) is 0 Å². The number of ether oxygens (including phenoxy) is 3. The predicted octanol–water partition coefficient (Wildman–Crippen LogP) is 2.23. The van der Waals surface area contributed by atoms with E-state index >= 15 is 0 Å². The third-order valence-electron chi connectivity index (χ3n) is 3.82. The number of azide groups is 1. The lowest BCUT2D eigenvalue weighted by atomic mass is 9.97. The first-order chi connectivity index (χ1) is 10.7. The lowest BCUT2D eigenvalue weighted by Crippen LogP contribution is -2.60. The van der Waals surface area contributed by atoms with Crippen LogP contribution in [0.3, 0.4) is 0 Å². The molecule has 2 fully saturated rings. The van der Waals surface area contributed by atoms with Crippen LogP contribution in [-0.2, 0) is 14.2 Å². The lowest BCUT2D eigenvalue weighted by molar-refractivity contribution is -0.305. The van der Waals surface area contributed by atoms with E-state index in [0.717, 1.165) is 5.56 Å². The van der Waals surface area contributed by atoms with E-state index in [-0.39, 0.29) is 6.10 Å². The Morgan fingerprint density at radius 1 is 1.32 bits per heavy atom. The van der Waals surface area contributed by atoms with Crippen molar-refractivity contribution in [2.24, 2.45) is 5.11 Å². The fourth-order valence-corrected chi connectivity index (χ4v) is 3.48. The first-order valence-electron chi connectivity index (χ1n) is 6.97. The van der Waals surface area contributed by atoms with Crippen LogP contribution in [0, 0.1) is 0 Å². The first kappa shape index (κ1) is 15.6. The van der Waals surface area contributed by atoms with Crippen LogP contribution >= 0.6 is 11.8 Å². The van der Waals surface area contributed by atoms with Crippen molar-refractivity contribution in [2.45, 2.75) is 36.1 Å². The Balaban J connectivity index is 1.79. The second-order valence-corrected chi connectivity index (χ2v) is 6.08. The SMILES string of the molecule is CS[C@H]1O[C@@H]2CO[C@@H](c3ccccc3)O[C@H]2[C@H](O)[C@H]1N=[N+]=[N-]. The normalized spacial score (nSPS) is 37.9. The van der Waals surface area contributed by atoms with Crippen LogP contribution < -0.4 is 0 Å². The zero-order chi connectivity index (χ0) is 15.5. The summed E-state index contributed by atoms with van der Waals surface area (Å²) >= 11 is 1.39. The van der Waals surface area contributed by atoms with Gasteiger partial charge in [-0.3, -0.25) is 0 Å². The molecular weight excluding hydrogens is 306 g/mol. The van der Waals surface area contributed by atoms with Crippen molar-refractivity contribution in [2.75, 3.05) is 12.9 Å². The zero-order valence-electron chi connectivity index (χ0n) is 12.0. The highest BCUT2D eigenvalue weighted by Crippen LogP contribution is 2.37. The van der Waals surface area contributed by atoms with Crippen molar-refractivity contribution in [1.29, 1.82) is 0 Å². The van der Waals surface area contributed by atoms with Gasteiger partial charge in [0.2, 0.25) is 0 Å². The van der Waals surface area contributed by atoms with Gasteiger partial charge in [-0.1, -0.05) is 35.4 Å². The summed E-state index contributed by atoms with van der Waals surface area (Å²) in [6, 6.07) is 8.82. The van der Waals surface area contributed by atoms with Crippen LogP contribution in [0.25, 0.3) is 10.4 Å². The largest absolute Gasteiger partial charge is 0.390 e. The molecule has 2 saturated heterocycles. The summed E-state index contributed by atoms with van der Waals surface area (Å²) in [6.07, 6.45) is -0.606. The highest BCUT2D eigenvalue weighted by Gasteiger charge is 2.48. The van der Waals surface area contributed by atoms with Gasteiger partial charge in [0, 0.05) is 10.5 Å². The topological polar surface area (TPSA) is 96.7 Å². The van der Waals surface area contributed by atoms with E-state index in [2.05, 4.69) is 10.0 Å². The maximum Gasteiger partial charge on any atom is 0.184 e. The van der Waals surface area contributed by atoms with E-state index in [1.165, 1.54) is 11.8 Å². The van der Waals surface area contributed by atoms with Gasteiger partial charge in [0.1, 0.15) is 23.7 Å². The molecule has 118 valence electrons. The number of thioether (sulfide) groups is 1. The van der Waals surface area contributed by atoms with Gasteiger partial charge in [-0.05, 0) is 11.8 Å². The van der Waals surface area contributed by atoms with E-state index in [9.17, 15) is 5.11 Å². The van der Waals surface area contributed by atoms with Crippen molar-refractivity contribution < 1.29 is 19.3 Å². The second-order valence-electron chi connectivity index (χ2n) is 5.14. The molecule has 6 atom stereocenters. The molecule has 8 heteroatoms. The number of nitrogens with zero attached hydrogens (tertiary/aromatic N) is 3. The quantitative estimate of drug-likeness (QED) is 0.522. The Morgan fingerprint density at radius 2 is 2.09 bits per heavy atom. The second kappa shape index (κ2) is 6.87. The van der Waals surface area contributed by atoms with Crippen LogP contribution in [0.4, 0.5) is 0 Å². The van der Waals surface area contributed by atoms with Gasteiger partial charge in [-0.25, -0.2) is 0 Å². The number of rotatable bonds is 3. The summed E-state index contributed by atoms with van der Waals surface area (Å²) < 4.78 is 17.4. The molecule has 0 radical (unpaired) electrons. The first-order valence-corrected chi connectivity index (χ1v) is 8.26. The van der Waals surface area contributed by atoms with E-state index in [1.807, 2.05) is 36.6 Å². The number of hydrogen-bond donors (Lipinski definition) is 1. The van der Waals surface area contributed by atoms with Gasteiger partial charge < -0.3 is 19.3 Å². The number of hydrogen-bond acceptors (Lipinski definition) is 6. The molecule has 0 spiro atoms. The zero-order valence-corrected chi connectivity index (χ0v) is 12.8. The van der Waals surface area contributed by atoms with E-state index in [4.69, 9.17) is 19.7 Å². The van der Waals surface area contributed by atoms with E-state index in [0.29, 0.717) is 6.61 Å². The summed E-state index contributed by atoms with van der Waals surface area (Å²) in [5.41, 5.74) is 9.16. The van der Waals surface area contributed by atoms with Gasteiger partial charge >= 0.3 is 0 Å². The van der Waals surface area contributed by atoms with Gasteiger partial charge in [-0.15, -0.1) is 11.8 Å². The minimum Gasteiger partial charge on any atom is -0.390 e. The van der Waals surface area contributed by atoms with Gasteiger partial charge in [0.25, 0.3) is 0 Å². The number of benzene rings is 1. The van der Waals surface area contributed by atoms with Gasteiger partial charge in [0.05, 0.1) is 12.7 Å². The smallest absolute Gasteiger partial charge is 0.184 e. The molecule has 2 aliphatic rings. The number of aliphatic hydroxyl groups excluding tert-OH is 1. The number of fused-ring (bicyclic) bond motifs is 1. The minimum absolute atomic E-state index is 0.321. The molecule has 3 rings (SSSR count). The average Bonchev–Trinajstić information content (AvgIpc) is 2.58. The molecule has 0 bridgehead atoms. The molecule has 0 unspecified atom stereocenters. The van der Waals surface area contributed by atoms with Crippen LogP contribution in [0.15, 0.2) is 35.4 Å². The highest BCUT2D eigenvalue weighted by atomic mass is 32.2. The average molecular weight is 323 g/mol. The molecular formula is C14H17N3O4S. The molecule has 0 amide bonds. The molecule has 22 heavy (non-hydrogen) atoms. The Hall–Kier alpha value is -1.28. The summed E-state index contributed by atoms with van der Waals surface area (Å²) in [5.74, 6) is 0. The molecule has 2 aliphatic heterocycles. The van der Waals surface area contributed by atoms with Crippen molar-refractivity contribution in [3.05, 3.63) is 46.3 Å². The maximum absolute atomic E-state index is 10.5. The Morgan fingerprint density at radius 3 is 2.77 bits per heavy atom. The highest BCUT2D eigenvalue weighted by molar-refractivity contribution is 7.99.